The molecule has 0 unspecified atom stereocenters. The highest BCUT2D eigenvalue weighted by molar-refractivity contribution is 7.12. The Balaban J connectivity index is 1.95. The molecular weight excluding hydrogens is 317 g/mol. The lowest BCUT2D eigenvalue weighted by molar-refractivity contribution is -0.171. The number of thiophene rings is 1. The number of alkyl halides is 3. The quantitative estimate of drug-likeness (QED) is 0.835. The summed E-state index contributed by atoms with van der Waals surface area (Å²) in [5.74, 6) is -2.46. The Labute approximate surface area is 130 Å². The monoisotopic (exact) mass is 334 g/mol. The summed E-state index contributed by atoms with van der Waals surface area (Å²) in [6.45, 7) is 3.72. The van der Waals surface area contributed by atoms with Crippen LogP contribution in [0.4, 0.5) is 13.2 Å². The summed E-state index contributed by atoms with van der Waals surface area (Å²) in [5, 5.41) is 4.57. The van der Waals surface area contributed by atoms with E-state index in [1.54, 1.807) is 6.92 Å². The fourth-order valence-electron chi connectivity index (χ4n) is 2.38. The lowest BCUT2D eigenvalue weighted by Crippen LogP contribution is -2.54. The third-order valence-electron chi connectivity index (χ3n) is 3.64. The van der Waals surface area contributed by atoms with Crippen LogP contribution in [0.2, 0.25) is 0 Å². The molecule has 122 valence electrons. The van der Waals surface area contributed by atoms with Crippen molar-refractivity contribution in [3.8, 4) is 0 Å². The number of carbonyl (C=O) groups is 2. The number of nitrogens with one attached hydrogen (secondary N) is 2. The normalized spacial score (nSPS) is 23.8. The summed E-state index contributed by atoms with van der Waals surface area (Å²) in [5.41, 5.74) is 0. The molecule has 2 heterocycles. The third kappa shape index (κ3) is 3.79. The van der Waals surface area contributed by atoms with E-state index in [-0.39, 0.29) is 18.9 Å². The van der Waals surface area contributed by atoms with Gasteiger partial charge in [0.15, 0.2) is 0 Å². The Hall–Kier alpha value is -1.57. The summed E-state index contributed by atoms with van der Waals surface area (Å²) < 4.78 is 37.7. The van der Waals surface area contributed by atoms with Gasteiger partial charge in [-0.25, -0.2) is 0 Å². The van der Waals surface area contributed by atoms with Crippen molar-refractivity contribution in [1.29, 1.82) is 0 Å². The first-order chi connectivity index (χ1) is 10.2. The van der Waals surface area contributed by atoms with E-state index >= 15 is 0 Å². The molecule has 1 aliphatic heterocycles. The van der Waals surface area contributed by atoms with Gasteiger partial charge in [0.05, 0.1) is 6.04 Å². The van der Waals surface area contributed by atoms with E-state index < -0.39 is 30.0 Å². The maximum absolute atomic E-state index is 12.6. The van der Waals surface area contributed by atoms with Crippen LogP contribution in [-0.4, -0.2) is 24.0 Å². The number of hydrogen-bond donors (Lipinski definition) is 2. The van der Waals surface area contributed by atoms with Crippen molar-refractivity contribution in [3.63, 3.8) is 0 Å². The predicted octanol–water partition coefficient (Wildman–Crippen LogP) is 2.69. The Morgan fingerprint density at radius 3 is 2.59 bits per heavy atom. The Kier molecular flexibility index (Phi) is 4.79. The first-order valence-corrected chi connectivity index (χ1v) is 7.74. The van der Waals surface area contributed by atoms with Gasteiger partial charge in [-0.1, -0.05) is 0 Å². The van der Waals surface area contributed by atoms with Gasteiger partial charge < -0.3 is 10.6 Å². The SMILES string of the molecule is Cc1ccc([C@H](C)NC(=O)[C@@H]2CC[C@@H](C(F)(F)F)NC2=O)s1. The molecule has 2 N–H and O–H groups in total. The minimum absolute atomic E-state index is 0.0992. The largest absolute Gasteiger partial charge is 0.408 e. The molecular formula is C14H17F3N2O2S. The van der Waals surface area contributed by atoms with Crippen LogP contribution in [0.5, 0.6) is 0 Å². The lowest BCUT2D eigenvalue weighted by atomic mass is 9.92. The first-order valence-electron chi connectivity index (χ1n) is 6.92. The highest BCUT2D eigenvalue weighted by Gasteiger charge is 2.45. The molecule has 0 radical (unpaired) electrons. The smallest absolute Gasteiger partial charge is 0.348 e. The van der Waals surface area contributed by atoms with Crippen molar-refractivity contribution in [2.75, 3.05) is 0 Å². The molecule has 3 atom stereocenters. The molecule has 4 nitrogen and oxygen atoms in total. The number of halogens is 3. The number of carbonyl (C=O) groups excluding carboxylic acids is 2. The summed E-state index contributed by atoms with van der Waals surface area (Å²) >= 11 is 1.53. The fourth-order valence-corrected chi connectivity index (χ4v) is 3.26. The number of rotatable bonds is 3. The zero-order chi connectivity index (χ0) is 16.5. The number of amides is 2. The Morgan fingerprint density at radius 2 is 2.09 bits per heavy atom. The maximum atomic E-state index is 12.6. The molecule has 2 amide bonds. The van der Waals surface area contributed by atoms with E-state index in [2.05, 4.69) is 5.32 Å². The fraction of sp³-hybridized carbons (Fsp3) is 0.571. The molecule has 1 saturated heterocycles. The van der Waals surface area contributed by atoms with Crippen LogP contribution in [-0.2, 0) is 9.59 Å². The molecule has 0 aliphatic carbocycles. The molecule has 8 heteroatoms. The molecule has 1 fully saturated rings. The van der Waals surface area contributed by atoms with Crippen molar-refractivity contribution >= 4 is 23.2 Å². The van der Waals surface area contributed by atoms with E-state index in [1.165, 1.54) is 11.3 Å². The zero-order valence-electron chi connectivity index (χ0n) is 12.2. The van der Waals surface area contributed by atoms with Gasteiger partial charge >= 0.3 is 6.18 Å². The van der Waals surface area contributed by atoms with Crippen molar-refractivity contribution in [2.24, 2.45) is 5.92 Å². The zero-order valence-corrected chi connectivity index (χ0v) is 13.0. The van der Waals surface area contributed by atoms with Gasteiger partial charge in [0, 0.05) is 9.75 Å². The van der Waals surface area contributed by atoms with E-state index in [0.29, 0.717) is 0 Å². The third-order valence-corrected chi connectivity index (χ3v) is 4.82. The predicted molar refractivity (Wildman–Crippen MR) is 76.3 cm³/mol. The van der Waals surface area contributed by atoms with Crippen LogP contribution in [0.25, 0.3) is 0 Å². The van der Waals surface area contributed by atoms with Gasteiger partial charge in [-0.3, -0.25) is 9.59 Å². The molecule has 0 bridgehead atoms. The van der Waals surface area contributed by atoms with Crippen LogP contribution in [0.3, 0.4) is 0 Å². The van der Waals surface area contributed by atoms with Gasteiger partial charge in [-0.15, -0.1) is 11.3 Å². The molecule has 1 aromatic rings. The molecule has 22 heavy (non-hydrogen) atoms. The molecule has 0 aromatic carbocycles. The van der Waals surface area contributed by atoms with Crippen molar-refractivity contribution < 1.29 is 22.8 Å². The minimum atomic E-state index is -4.47. The highest BCUT2D eigenvalue weighted by Crippen LogP contribution is 2.29. The van der Waals surface area contributed by atoms with Crippen molar-refractivity contribution in [1.82, 2.24) is 10.6 Å². The van der Waals surface area contributed by atoms with Crippen LogP contribution < -0.4 is 10.6 Å². The van der Waals surface area contributed by atoms with E-state index in [9.17, 15) is 22.8 Å². The number of aryl methyl sites for hydroxylation is 1. The number of hydrogen-bond acceptors (Lipinski definition) is 3. The van der Waals surface area contributed by atoms with Crippen molar-refractivity contribution in [3.05, 3.63) is 21.9 Å². The summed E-state index contributed by atoms with van der Waals surface area (Å²) in [6, 6.07) is 1.66. The van der Waals surface area contributed by atoms with Gasteiger partial charge in [0.2, 0.25) is 11.8 Å². The van der Waals surface area contributed by atoms with Crippen LogP contribution in [0.15, 0.2) is 12.1 Å². The average Bonchev–Trinajstić information content (AvgIpc) is 2.84. The van der Waals surface area contributed by atoms with Crippen LogP contribution in [0.1, 0.15) is 35.6 Å². The Morgan fingerprint density at radius 1 is 1.41 bits per heavy atom. The van der Waals surface area contributed by atoms with Crippen molar-refractivity contribution in [2.45, 2.75) is 44.9 Å². The molecule has 0 spiro atoms. The molecule has 0 saturated carbocycles. The standard InChI is InChI=1S/C14H17F3N2O2S/c1-7-3-5-10(22-7)8(2)18-12(20)9-4-6-11(14(15,16)17)19-13(9)21/h3,5,8-9,11H,4,6H2,1-2H3,(H,18,20)(H,19,21)/t8-,9-,11-/m0/s1. The topological polar surface area (TPSA) is 58.2 Å². The van der Waals surface area contributed by atoms with Gasteiger partial charge in [0.1, 0.15) is 12.0 Å². The second-order valence-electron chi connectivity index (χ2n) is 5.41. The summed E-state index contributed by atoms with van der Waals surface area (Å²) in [4.78, 5) is 25.9. The van der Waals surface area contributed by atoms with Crippen LogP contribution in [0, 0.1) is 12.8 Å². The van der Waals surface area contributed by atoms with Gasteiger partial charge in [-0.2, -0.15) is 13.2 Å². The molecule has 1 aromatic heterocycles. The second-order valence-corrected chi connectivity index (χ2v) is 6.73. The Bertz CT molecular complexity index is 571. The lowest BCUT2D eigenvalue weighted by Gasteiger charge is -2.30. The van der Waals surface area contributed by atoms with Crippen LogP contribution >= 0.6 is 11.3 Å². The molecule has 2 rings (SSSR count). The average molecular weight is 334 g/mol. The highest BCUT2D eigenvalue weighted by atomic mass is 32.1. The van der Waals surface area contributed by atoms with E-state index in [4.69, 9.17) is 0 Å². The van der Waals surface area contributed by atoms with E-state index in [1.807, 2.05) is 24.4 Å². The summed E-state index contributed by atoms with van der Waals surface area (Å²) in [7, 11) is 0. The second kappa shape index (κ2) is 6.28. The van der Waals surface area contributed by atoms with Gasteiger partial charge in [-0.05, 0) is 38.8 Å². The van der Waals surface area contributed by atoms with E-state index in [0.717, 1.165) is 9.75 Å². The summed E-state index contributed by atoms with van der Waals surface area (Å²) in [6.07, 6.45) is -4.85. The molecule has 1 aliphatic rings. The first kappa shape index (κ1) is 16.8. The number of piperidine rings is 1. The minimum Gasteiger partial charge on any atom is -0.348 e. The van der Waals surface area contributed by atoms with Gasteiger partial charge in [0.25, 0.3) is 0 Å². The maximum Gasteiger partial charge on any atom is 0.408 e.